The molecule has 1 amide bonds. The van der Waals surface area contributed by atoms with Gasteiger partial charge in [-0.15, -0.1) is 5.10 Å². The topological polar surface area (TPSA) is 98.1 Å². The maximum Gasteiger partial charge on any atom is 0.416 e. The SMILES string of the molecule is CCNCC(=O)c1ccc(-n2nnc(C(=O)NC3CC3)c2CCCOc2cc(F)cc(C(F)(F)F)c2)cc1. The number of carbonyl (C=O) groups is 2. The number of rotatable bonds is 12. The van der Waals surface area contributed by atoms with Crippen LogP contribution in [0.25, 0.3) is 5.69 Å². The molecule has 1 saturated carbocycles. The maximum atomic E-state index is 13.7. The highest BCUT2D eigenvalue weighted by Crippen LogP contribution is 2.32. The number of Topliss-reactive ketones (excluding diaryl/α,β-unsaturated/α-hetero) is 1. The van der Waals surface area contributed by atoms with Gasteiger partial charge in [0.15, 0.2) is 11.5 Å². The molecule has 202 valence electrons. The summed E-state index contributed by atoms with van der Waals surface area (Å²) in [7, 11) is 0. The number of likely N-dealkylation sites (N-methyl/N-ethyl adjacent to an activating group) is 1. The van der Waals surface area contributed by atoms with E-state index in [4.69, 9.17) is 4.74 Å². The Balaban J connectivity index is 1.49. The van der Waals surface area contributed by atoms with E-state index in [0.717, 1.165) is 25.0 Å². The minimum Gasteiger partial charge on any atom is -0.493 e. The van der Waals surface area contributed by atoms with E-state index in [9.17, 15) is 27.2 Å². The van der Waals surface area contributed by atoms with E-state index < -0.39 is 17.6 Å². The molecule has 0 bridgehead atoms. The number of nitrogens with one attached hydrogen (secondary N) is 2. The van der Waals surface area contributed by atoms with Gasteiger partial charge in [0.2, 0.25) is 0 Å². The fraction of sp³-hybridized carbons (Fsp3) is 0.385. The molecule has 4 rings (SSSR count). The molecule has 1 aromatic heterocycles. The summed E-state index contributed by atoms with van der Waals surface area (Å²) in [6.07, 6.45) is -2.38. The summed E-state index contributed by atoms with van der Waals surface area (Å²) in [5, 5.41) is 14.1. The summed E-state index contributed by atoms with van der Waals surface area (Å²) in [5.74, 6) is -1.73. The number of aromatic nitrogens is 3. The summed E-state index contributed by atoms with van der Waals surface area (Å²) < 4.78 is 59.4. The Morgan fingerprint density at radius 3 is 2.53 bits per heavy atom. The molecule has 0 unspecified atom stereocenters. The van der Waals surface area contributed by atoms with Crippen molar-refractivity contribution in [3.8, 4) is 11.4 Å². The number of hydrogen-bond donors (Lipinski definition) is 2. The quantitative estimate of drug-likeness (QED) is 0.207. The number of halogens is 4. The molecule has 0 radical (unpaired) electrons. The van der Waals surface area contributed by atoms with Crippen LogP contribution in [0.5, 0.6) is 5.75 Å². The number of benzene rings is 2. The Hall–Kier alpha value is -3.80. The molecular formula is C26H27F4N5O3. The highest BCUT2D eigenvalue weighted by atomic mass is 19.4. The van der Waals surface area contributed by atoms with Crippen molar-refractivity contribution >= 4 is 11.7 Å². The Labute approximate surface area is 216 Å². The smallest absolute Gasteiger partial charge is 0.416 e. The lowest BCUT2D eigenvalue weighted by Crippen LogP contribution is -2.27. The van der Waals surface area contributed by atoms with Crippen LogP contribution in [0.1, 0.15) is 58.3 Å². The molecule has 2 N–H and O–H groups in total. The number of alkyl halides is 3. The average molecular weight is 534 g/mol. The Kier molecular flexibility index (Phi) is 8.40. The van der Waals surface area contributed by atoms with E-state index in [1.165, 1.54) is 4.68 Å². The highest BCUT2D eigenvalue weighted by molar-refractivity contribution is 5.97. The molecule has 2 aromatic carbocycles. The normalized spacial score (nSPS) is 13.4. The van der Waals surface area contributed by atoms with Crippen LogP contribution in [-0.2, 0) is 12.6 Å². The van der Waals surface area contributed by atoms with Gasteiger partial charge in [0, 0.05) is 17.7 Å². The van der Waals surface area contributed by atoms with Crippen molar-refractivity contribution in [2.75, 3.05) is 19.7 Å². The van der Waals surface area contributed by atoms with E-state index in [1.807, 2.05) is 6.92 Å². The number of amides is 1. The molecule has 0 spiro atoms. The van der Waals surface area contributed by atoms with Crippen LogP contribution >= 0.6 is 0 Å². The Morgan fingerprint density at radius 2 is 1.87 bits per heavy atom. The van der Waals surface area contributed by atoms with Crippen molar-refractivity contribution in [1.29, 1.82) is 0 Å². The van der Waals surface area contributed by atoms with Gasteiger partial charge in [-0.05, 0) is 68.6 Å². The molecule has 8 nitrogen and oxygen atoms in total. The maximum absolute atomic E-state index is 13.7. The van der Waals surface area contributed by atoms with Crippen LogP contribution in [-0.4, -0.2) is 52.4 Å². The largest absolute Gasteiger partial charge is 0.493 e. The van der Waals surface area contributed by atoms with Gasteiger partial charge in [-0.25, -0.2) is 9.07 Å². The number of nitrogens with zero attached hydrogens (tertiary/aromatic N) is 3. The first-order valence-electron chi connectivity index (χ1n) is 12.3. The molecule has 0 atom stereocenters. The van der Waals surface area contributed by atoms with Crippen molar-refractivity contribution in [2.45, 2.75) is 44.8 Å². The number of carbonyl (C=O) groups excluding carboxylic acids is 2. The Bertz CT molecular complexity index is 1290. The van der Waals surface area contributed by atoms with E-state index in [-0.39, 0.29) is 55.2 Å². The number of ketones is 1. The molecule has 1 heterocycles. The first-order valence-corrected chi connectivity index (χ1v) is 12.3. The van der Waals surface area contributed by atoms with E-state index >= 15 is 0 Å². The highest BCUT2D eigenvalue weighted by Gasteiger charge is 2.32. The standard InChI is InChI=1S/C26H27F4N5O3/c1-2-31-15-23(36)16-5-9-20(10-6-16)35-22(24(33-34-35)25(37)32-19-7-8-19)4-3-11-38-21-13-17(26(28,29)30)12-18(27)14-21/h5-6,9-10,12-14,19,31H,2-4,7-8,11,15H2,1H3,(H,32,37). The second kappa shape index (κ2) is 11.7. The Morgan fingerprint density at radius 1 is 1.13 bits per heavy atom. The van der Waals surface area contributed by atoms with Crippen LogP contribution in [0.15, 0.2) is 42.5 Å². The summed E-state index contributed by atoms with van der Waals surface area (Å²) in [4.78, 5) is 25.0. The lowest BCUT2D eigenvalue weighted by atomic mass is 10.1. The zero-order valence-electron chi connectivity index (χ0n) is 20.6. The van der Waals surface area contributed by atoms with Crippen molar-refractivity contribution in [1.82, 2.24) is 25.6 Å². The average Bonchev–Trinajstić information content (AvgIpc) is 3.59. The van der Waals surface area contributed by atoms with Crippen LogP contribution in [0, 0.1) is 5.82 Å². The summed E-state index contributed by atoms with van der Waals surface area (Å²) in [5.41, 5.74) is 0.577. The number of hydrogen-bond acceptors (Lipinski definition) is 6. The zero-order chi connectivity index (χ0) is 27.3. The third-order valence-electron chi connectivity index (χ3n) is 5.89. The van der Waals surface area contributed by atoms with Crippen molar-refractivity contribution in [2.24, 2.45) is 0 Å². The lowest BCUT2D eigenvalue weighted by molar-refractivity contribution is -0.137. The summed E-state index contributed by atoms with van der Waals surface area (Å²) in [6.45, 7) is 2.76. The minimum absolute atomic E-state index is 0.0342. The van der Waals surface area contributed by atoms with Gasteiger partial charge in [-0.2, -0.15) is 13.2 Å². The van der Waals surface area contributed by atoms with E-state index in [2.05, 4.69) is 20.9 Å². The summed E-state index contributed by atoms with van der Waals surface area (Å²) in [6, 6.07) is 8.84. The molecule has 1 fully saturated rings. The zero-order valence-corrected chi connectivity index (χ0v) is 20.6. The van der Waals surface area contributed by atoms with Crippen LogP contribution in [0.4, 0.5) is 17.6 Å². The van der Waals surface area contributed by atoms with Crippen LogP contribution < -0.4 is 15.4 Å². The second-order valence-corrected chi connectivity index (χ2v) is 8.92. The molecule has 0 saturated heterocycles. The fourth-order valence-electron chi connectivity index (χ4n) is 3.76. The predicted molar refractivity (Wildman–Crippen MR) is 130 cm³/mol. The number of ether oxygens (including phenoxy) is 1. The molecule has 1 aliphatic rings. The molecule has 12 heteroatoms. The first-order chi connectivity index (χ1) is 18.2. The molecule has 38 heavy (non-hydrogen) atoms. The van der Waals surface area contributed by atoms with Crippen LogP contribution in [0.2, 0.25) is 0 Å². The van der Waals surface area contributed by atoms with Gasteiger partial charge < -0.3 is 15.4 Å². The van der Waals surface area contributed by atoms with Gasteiger partial charge in [0.05, 0.1) is 30.1 Å². The fourth-order valence-corrected chi connectivity index (χ4v) is 3.76. The molecule has 0 aliphatic heterocycles. The first kappa shape index (κ1) is 27.2. The van der Waals surface area contributed by atoms with Crippen molar-refractivity contribution in [3.63, 3.8) is 0 Å². The summed E-state index contributed by atoms with van der Waals surface area (Å²) >= 11 is 0. The van der Waals surface area contributed by atoms with Crippen molar-refractivity contribution in [3.05, 3.63) is 70.8 Å². The lowest BCUT2D eigenvalue weighted by Gasteiger charge is -2.12. The van der Waals surface area contributed by atoms with Crippen molar-refractivity contribution < 1.29 is 31.9 Å². The monoisotopic (exact) mass is 533 g/mol. The van der Waals surface area contributed by atoms with Crippen LogP contribution in [0.3, 0.4) is 0 Å². The minimum atomic E-state index is -4.70. The molecular weight excluding hydrogens is 506 g/mol. The van der Waals surface area contributed by atoms with Gasteiger partial charge >= 0.3 is 6.18 Å². The van der Waals surface area contributed by atoms with Gasteiger partial charge in [0.1, 0.15) is 11.6 Å². The second-order valence-electron chi connectivity index (χ2n) is 8.92. The third-order valence-corrected chi connectivity index (χ3v) is 5.89. The van der Waals surface area contributed by atoms with E-state index in [0.29, 0.717) is 29.6 Å². The third kappa shape index (κ3) is 6.94. The van der Waals surface area contributed by atoms with Gasteiger partial charge in [0.25, 0.3) is 5.91 Å². The molecule has 1 aliphatic carbocycles. The van der Waals surface area contributed by atoms with Gasteiger partial charge in [-0.1, -0.05) is 12.1 Å². The molecule has 3 aromatic rings. The predicted octanol–water partition coefficient (Wildman–Crippen LogP) is 4.12. The van der Waals surface area contributed by atoms with E-state index in [1.54, 1.807) is 24.3 Å². The van der Waals surface area contributed by atoms with Gasteiger partial charge in [-0.3, -0.25) is 9.59 Å².